The van der Waals surface area contributed by atoms with Gasteiger partial charge in [0.1, 0.15) is 0 Å². The summed E-state index contributed by atoms with van der Waals surface area (Å²) in [6, 6.07) is 0. The molecule has 0 aromatic rings. The third kappa shape index (κ3) is 4.40. The van der Waals surface area contributed by atoms with Crippen molar-refractivity contribution < 1.29 is 14.4 Å². The van der Waals surface area contributed by atoms with Gasteiger partial charge in [0.2, 0.25) is 17.7 Å². The first kappa shape index (κ1) is 18.4. The van der Waals surface area contributed by atoms with Gasteiger partial charge in [-0.2, -0.15) is 0 Å². The number of hydrogen-bond donors (Lipinski definition) is 1. The van der Waals surface area contributed by atoms with Gasteiger partial charge < -0.3 is 5.32 Å². The standard InChI is InChI=1S/C19H31N3O3/c23-16(9-14-22-17(24)7-8-18(22)25)20-15-19(10-3-1-4-11-19)21-12-5-2-6-13-21/h1-15H2,(H,20,23). The third-order valence-corrected chi connectivity index (χ3v) is 6.14. The normalized spacial score (nSPS) is 24.6. The maximum absolute atomic E-state index is 12.3. The Kier molecular flexibility index (Phi) is 6.10. The summed E-state index contributed by atoms with van der Waals surface area (Å²) in [4.78, 5) is 39.4. The molecule has 2 aliphatic heterocycles. The molecule has 2 heterocycles. The Morgan fingerprint density at radius 3 is 2.16 bits per heavy atom. The number of amides is 3. The van der Waals surface area contributed by atoms with Gasteiger partial charge in [-0.25, -0.2) is 0 Å². The average molecular weight is 349 g/mol. The third-order valence-electron chi connectivity index (χ3n) is 6.14. The predicted molar refractivity (Wildman–Crippen MR) is 94.8 cm³/mol. The lowest BCUT2D eigenvalue weighted by molar-refractivity contribution is -0.138. The van der Waals surface area contributed by atoms with Crippen LogP contribution in [0.25, 0.3) is 0 Å². The quantitative estimate of drug-likeness (QED) is 0.743. The molecule has 1 saturated carbocycles. The minimum atomic E-state index is -0.144. The van der Waals surface area contributed by atoms with Crippen molar-refractivity contribution in [1.29, 1.82) is 0 Å². The highest BCUT2D eigenvalue weighted by molar-refractivity contribution is 6.02. The van der Waals surface area contributed by atoms with Crippen LogP contribution < -0.4 is 5.32 Å². The first-order valence-corrected chi connectivity index (χ1v) is 9.96. The number of nitrogens with one attached hydrogen (secondary N) is 1. The van der Waals surface area contributed by atoms with Crippen LogP contribution in [0.2, 0.25) is 0 Å². The lowest BCUT2D eigenvalue weighted by Crippen LogP contribution is -2.58. The number of hydrogen-bond acceptors (Lipinski definition) is 4. The Hall–Kier alpha value is -1.43. The lowest BCUT2D eigenvalue weighted by atomic mass is 9.79. The number of nitrogens with zero attached hydrogens (tertiary/aromatic N) is 2. The van der Waals surface area contributed by atoms with Crippen molar-refractivity contribution in [3.63, 3.8) is 0 Å². The van der Waals surface area contributed by atoms with Gasteiger partial charge in [0.05, 0.1) is 0 Å². The molecule has 3 rings (SSSR count). The van der Waals surface area contributed by atoms with Crippen LogP contribution in [0.15, 0.2) is 0 Å². The molecule has 2 saturated heterocycles. The van der Waals surface area contributed by atoms with Crippen molar-refractivity contribution in [2.24, 2.45) is 0 Å². The van der Waals surface area contributed by atoms with Gasteiger partial charge in [0.15, 0.2) is 0 Å². The molecule has 1 N–H and O–H groups in total. The van der Waals surface area contributed by atoms with Crippen LogP contribution in [0.1, 0.15) is 70.6 Å². The molecular formula is C19H31N3O3. The van der Waals surface area contributed by atoms with E-state index in [9.17, 15) is 14.4 Å². The molecule has 0 spiro atoms. The van der Waals surface area contributed by atoms with E-state index < -0.39 is 0 Å². The first-order chi connectivity index (χ1) is 12.1. The molecule has 0 bridgehead atoms. The summed E-state index contributed by atoms with van der Waals surface area (Å²) >= 11 is 0. The molecule has 0 radical (unpaired) electrons. The van der Waals surface area contributed by atoms with Gasteiger partial charge in [0, 0.05) is 37.9 Å². The molecule has 3 amide bonds. The van der Waals surface area contributed by atoms with E-state index in [4.69, 9.17) is 0 Å². The zero-order valence-electron chi connectivity index (χ0n) is 15.2. The molecule has 3 fully saturated rings. The summed E-state index contributed by atoms with van der Waals surface area (Å²) in [6.07, 6.45) is 10.7. The second-order valence-electron chi connectivity index (χ2n) is 7.80. The van der Waals surface area contributed by atoms with E-state index in [1.54, 1.807) is 0 Å². The predicted octanol–water partition coefficient (Wildman–Crippen LogP) is 1.83. The van der Waals surface area contributed by atoms with E-state index in [0.29, 0.717) is 19.4 Å². The van der Waals surface area contributed by atoms with Crippen molar-refractivity contribution >= 4 is 17.7 Å². The molecule has 0 atom stereocenters. The summed E-state index contributed by atoms with van der Waals surface area (Å²) in [5.41, 5.74) is 0.119. The Morgan fingerprint density at radius 2 is 1.52 bits per heavy atom. The highest BCUT2D eigenvalue weighted by atomic mass is 16.2. The number of piperidine rings is 1. The Balaban J connectivity index is 1.51. The molecule has 6 nitrogen and oxygen atoms in total. The Labute approximate surface area is 150 Å². The van der Waals surface area contributed by atoms with Crippen molar-refractivity contribution in [1.82, 2.24) is 15.1 Å². The monoisotopic (exact) mass is 349 g/mol. The average Bonchev–Trinajstić information content (AvgIpc) is 2.98. The van der Waals surface area contributed by atoms with E-state index in [2.05, 4.69) is 10.2 Å². The molecule has 6 heteroatoms. The second kappa shape index (κ2) is 8.30. The van der Waals surface area contributed by atoms with Crippen LogP contribution >= 0.6 is 0 Å². The number of imide groups is 1. The number of rotatable bonds is 6. The molecule has 0 aromatic heterocycles. The van der Waals surface area contributed by atoms with E-state index in [-0.39, 0.29) is 36.2 Å². The summed E-state index contributed by atoms with van der Waals surface area (Å²) in [7, 11) is 0. The van der Waals surface area contributed by atoms with E-state index in [0.717, 1.165) is 25.9 Å². The number of likely N-dealkylation sites (tertiary alicyclic amines) is 2. The van der Waals surface area contributed by atoms with Gasteiger partial charge in [0.25, 0.3) is 0 Å². The van der Waals surface area contributed by atoms with E-state index in [1.165, 1.54) is 43.4 Å². The highest BCUT2D eigenvalue weighted by Crippen LogP contribution is 2.35. The van der Waals surface area contributed by atoms with Crippen molar-refractivity contribution in [2.75, 3.05) is 26.2 Å². The van der Waals surface area contributed by atoms with Crippen LogP contribution in [0.5, 0.6) is 0 Å². The molecule has 0 aromatic carbocycles. The zero-order valence-corrected chi connectivity index (χ0v) is 15.2. The summed E-state index contributed by atoms with van der Waals surface area (Å²) in [5.74, 6) is -0.334. The van der Waals surface area contributed by atoms with Gasteiger partial charge in [-0.15, -0.1) is 0 Å². The Bertz CT molecular complexity index is 492. The minimum absolute atomic E-state index is 0.0468. The number of carbonyl (C=O) groups is 3. The molecule has 0 unspecified atom stereocenters. The summed E-state index contributed by atoms with van der Waals surface area (Å²) in [5, 5.41) is 3.11. The van der Waals surface area contributed by atoms with Crippen LogP contribution in [-0.4, -0.2) is 59.2 Å². The van der Waals surface area contributed by atoms with Gasteiger partial charge >= 0.3 is 0 Å². The SMILES string of the molecule is O=C(CCN1C(=O)CCC1=O)NCC1(N2CCCCC2)CCCCC1. The fraction of sp³-hybridized carbons (Fsp3) is 0.842. The molecule has 25 heavy (non-hydrogen) atoms. The lowest BCUT2D eigenvalue weighted by Gasteiger charge is -2.48. The topological polar surface area (TPSA) is 69.7 Å². The van der Waals surface area contributed by atoms with Gasteiger partial charge in [-0.1, -0.05) is 25.7 Å². The molecule has 140 valence electrons. The minimum Gasteiger partial charge on any atom is -0.354 e. The van der Waals surface area contributed by atoms with E-state index in [1.807, 2.05) is 0 Å². The van der Waals surface area contributed by atoms with Crippen LogP contribution in [0, 0.1) is 0 Å². The van der Waals surface area contributed by atoms with Crippen molar-refractivity contribution in [2.45, 2.75) is 76.2 Å². The fourth-order valence-corrected chi connectivity index (χ4v) is 4.62. The first-order valence-electron chi connectivity index (χ1n) is 9.96. The summed E-state index contributed by atoms with van der Waals surface area (Å²) < 4.78 is 0. The van der Waals surface area contributed by atoms with Gasteiger partial charge in [-0.05, 0) is 38.8 Å². The fourth-order valence-electron chi connectivity index (χ4n) is 4.62. The van der Waals surface area contributed by atoms with E-state index >= 15 is 0 Å². The van der Waals surface area contributed by atoms with Crippen LogP contribution in [0.4, 0.5) is 0 Å². The smallest absolute Gasteiger partial charge is 0.229 e. The van der Waals surface area contributed by atoms with Crippen LogP contribution in [-0.2, 0) is 14.4 Å². The van der Waals surface area contributed by atoms with Gasteiger partial charge in [-0.3, -0.25) is 24.2 Å². The number of carbonyl (C=O) groups excluding carboxylic acids is 3. The molecule has 3 aliphatic rings. The molecule has 1 aliphatic carbocycles. The molecular weight excluding hydrogens is 318 g/mol. The maximum atomic E-state index is 12.3. The largest absolute Gasteiger partial charge is 0.354 e. The zero-order chi connectivity index (χ0) is 17.7. The maximum Gasteiger partial charge on any atom is 0.229 e. The van der Waals surface area contributed by atoms with Crippen LogP contribution in [0.3, 0.4) is 0 Å². The van der Waals surface area contributed by atoms with Crippen molar-refractivity contribution in [3.05, 3.63) is 0 Å². The van der Waals surface area contributed by atoms with Crippen molar-refractivity contribution in [3.8, 4) is 0 Å². The summed E-state index contributed by atoms with van der Waals surface area (Å²) in [6.45, 7) is 3.22. The highest BCUT2D eigenvalue weighted by Gasteiger charge is 2.38. The Morgan fingerprint density at radius 1 is 0.920 bits per heavy atom. The second-order valence-corrected chi connectivity index (χ2v) is 7.80.